The van der Waals surface area contributed by atoms with Crippen LogP contribution in [0.15, 0.2) is 24.4 Å². The van der Waals surface area contributed by atoms with Crippen molar-refractivity contribution in [3.05, 3.63) is 35.8 Å². The van der Waals surface area contributed by atoms with E-state index >= 15 is 0 Å². The van der Waals surface area contributed by atoms with E-state index in [-0.39, 0.29) is 0 Å². The van der Waals surface area contributed by atoms with E-state index in [1.165, 1.54) is 4.70 Å². The summed E-state index contributed by atoms with van der Waals surface area (Å²) in [7, 11) is 1.95. The lowest BCUT2D eigenvalue weighted by Gasteiger charge is -2.23. The molecule has 0 saturated heterocycles. The average molecular weight is 315 g/mol. The Morgan fingerprint density at radius 2 is 2.14 bits per heavy atom. The molecule has 0 bridgehead atoms. The summed E-state index contributed by atoms with van der Waals surface area (Å²) in [6, 6.07) is 6.04. The summed E-state index contributed by atoms with van der Waals surface area (Å²) in [5, 5.41) is 5.48. The number of aryl methyl sites for hydroxylation is 2. The van der Waals surface area contributed by atoms with E-state index in [1.54, 1.807) is 11.3 Å². The third kappa shape index (κ3) is 2.97. The number of fused-ring (bicyclic) bond motifs is 1. The van der Waals surface area contributed by atoms with Crippen LogP contribution in [0.4, 0.5) is 5.13 Å². The molecular weight excluding hydrogens is 294 g/mol. The SMILES string of the molecule is Cc1nn(C)c2nc(N(Cc3ccccn3)CC(C)C)sc12. The molecule has 0 atom stereocenters. The van der Waals surface area contributed by atoms with Crippen LogP contribution in [0.25, 0.3) is 10.3 Å². The van der Waals surface area contributed by atoms with Crippen molar-refractivity contribution >= 4 is 26.8 Å². The van der Waals surface area contributed by atoms with Crippen molar-refractivity contribution in [1.29, 1.82) is 0 Å². The van der Waals surface area contributed by atoms with Crippen LogP contribution < -0.4 is 4.90 Å². The summed E-state index contributed by atoms with van der Waals surface area (Å²) in [6.07, 6.45) is 1.84. The Hall–Kier alpha value is -1.95. The van der Waals surface area contributed by atoms with Gasteiger partial charge < -0.3 is 4.90 Å². The summed E-state index contributed by atoms with van der Waals surface area (Å²) in [5.74, 6) is 0.565. The fraction of sp³-hybridized carbons (Fsp3) is 0.438. The zero-order chi connectivity index (χ0) is 15.7. The predicted molar refractivity (Wildman–Crippen MR) is 91.2 cm³/mol. The van der Waals surface area contributed by atoms with Gasteiger partial charge in [-0.2, -0.15) is 5.10 Å². The highest BCUT2D eigenvalue weighted by Gasteiger charge is 2.18. The molecule has 3 rings (SSSR count). The highest BCUT2D eigenvalue weighted by Crippen LogP contribution is 2.31. The molecule has 116 valence electrons. The molecule has 0 aliphatic rings. The van der Waals surface area contributed by atoms with E-state index in [0.29, 0.717) is 5.92 Å². The number of hydrogen-bond donors (Lipinski definition) is 0. The molecule has 0 unspecified atom stereocenters. The van der Waals surface area contributed by atoms with Gasteiger partial charge in [0.25, 0.3) is 0 Å². The van der Waals surface area contributed by atoms with E-state index in [1.807, 2.05) is 37.0 Å². The minimum absolute atomic E-state index is 0.565. The van der Waals surface area contributed by atoms with Gasteiger partial charge in [-0.15, -0.1) is 0 Å². The van der Waals surface area contributed by atoms with Crippen LogP contribution in [-0.2, 0) is 13.6 Å². The van der Waals surface area contributed by atoms with Crippen molar-refractivity contribution in [1.82, 2.24) is 19.7 Å². The van der Waals surface area contributed by atoms with E-state index in [0.717, 1.165) is 35.3 Å². The van der Waals surface area contributed by atoms with Crippen molar-refractivity contribution in [3.63, 3.8) is 0 Å². The monoisotopic (exact) mass is 315 g/mol. The first kappa shape index (κ1) is 15.0. The zero-order valence-electron chi connectivity index (χ0n) is 13.4. The van der Waals surface area contributed by atoms with Crippen molar-refractivity contribution in [3.8, 4) is 0 Å². The molecular formula is C16H21N5S. The highest BCUT2D eigenvalue weighted by atomic mass is 32.1. The smallest absolute Gasteiger partial charge is 0.188 e. The van der Waals surface area contributed by atoms with Crippen molar-refractivity contribution in [2.45, 2.75) is 27.3 Å². The number of nitrogens with zero attached hydrogens (tertiary/aromatic N) is 5. The van der Waals surface area contributed by atoms with Gasteiger partial charge in [0, 0.05) is 19.8 Å². The molecule has 3 aromatic rings. The minimum Gasteiger partial charge on any atom is -0.342 e. The van der Waals surface area contributed by atoms with Gasteiger partial charge >= 0.3 is 0 Å². The molecule has 0 amide bonds. The Kier molecular flexibility index (Phi) is 4.11. The number of aromatic nitrogens is 4. The van der Waals surface area contributed by atoms with Gasteiger partial charge in [0.1, 0.15) is 0 Å². The first-order valence-corrected chi connectivity index (χ1v) is 8.31. The fourth-order valence-electron chi connectivity index (χ4n) is 2.55. The highest BCUT2D eigenvalue weighted by molar-refractivity contribution is 7.22. The number of hydrogen-bond acceptors (Lipinski definition) is 5. The van der Waals surface area contributed by atoms with Crippen LogP contribution in [0.3, 0.4) is 0 Å². The maximum atomic E-state index is 4.80. The summed E-state index contributed by atoms with van der Waals surface area (Å²) >= 11 is 1.72. The molecule has 0 aliphatic carbocycles. The van der Waals surface area contributed by atoms with E-state index in [9.17, 15) is 0 Å². The normalized spacial score (nSPS) is 11.5. The van der Waals surface area contributed by atoms with Crippen LogP contribution in [0.1, 0.15) is 25.2 Å². The first-order valence-electron chi connectivity index (χ1n) is 7.49. The lowest BCUT2D eigenvalue weighted by atomic mass is 10.2. The summed E-state index contributed by atoms with van der Waals surface area (Å²) in [4.78, 5) is 11.6. The third-order valence-corrected chi connectivity index (χ3v) is 4.68. The van der Waals surface area contributed by atoms with E-state index < -0.39 is 0 Å². The van der Waals surface area contributed by atoms with Crippen molar-refractivity contribution in [2.24, 2.45) is 13.0 Å². The number of pyridine rings is 1. The number of rotatable bonds is 5. The topological polar surface area (TPSA) is 46.8 Å². The molecule has 6 heteroatoms. The maximum Gasteiger partial charge on any atom is 0.188 e. The Morgan fingerprint density at radius 1 is 1.32 bits per heavy atom. The molecule has 0 N–H and O–H groups in total. The molecule has 0 fully saturated rings. The van der Waals surface area contributed by atoms with Crippen LogP contribution in [0, 0.1) is 12.8 Å². The summed E-state index contributed by atoms with van der Waals surface area (Å²) < 4.78 is 3.03. The second kappa shape index (κ2) is 6.04. The van der Waals surface area contributed by atoms with E-state index in [4.69, 9.17) is 4.98 Å². The maximum absolute atomic E-state index is 4.80. The van der Waals surface area contributed by atoms with Crippen LogP contribution >= 0.6 is 11.3 Å². The van der Waals surface area contributed by atoms with Gasteiger partial charge in [0.15, 0.2) is 10.8 Å². The molecule has 0 aromatic carbocycles. The van der Waals surface area contributed by atoms with Gasteiger partial charge in [-0.25, -0.2) is 9.67 Å². The predicted octanol–water partition coefficient (Wildman–Crippen LogP) is 3.40. The molecule has 0 radical (unpaired) electrons. The van der Waals surface area contributed by atoms with Gasteiger partial charge in [-0.1, -0.05) is 31.3 Å². The van der Waals surface area contributed by atoms with Gasteiger partial charge in [0.05, 0.1) is 22.6 Å². The second-order valence-electron chi connectivity index (χ2n) is 5.95. The van der Waals surface area contributed by atoms with Crippen LogP contribution in [0.2, 0.25) is 0 Å². The molecule has 22 heavy (non-hydrogen) atoms. The minimum atomic E-state index is 0.565. The van der Waals surface area contributed by atoms with Crippen molar-refractivity contribution < 1.29 is 0 Å². The molecule has 0 aliphatic heterocycles. The molecule has 3 heterocycles. The van der Waals surface area contributed by atoms with Crippen molar-refractivity contribution in [2.75, 3.05) is 11.4 Å². The quantitative estimate of drug-likeness (QED) is 0.724. The zero-order valence-corrected chi connectivity index (χ0v) is 14.3. The Bertz CT molecular complexity index is 725. The molecule has 0 spiro atoms. The lowest BCUT2D eigenvalue weighted by molar-refractivity contribution is 0.604. The summed E-state index contributed by atoms with van der Waals surface area (Å²) in [5.41, 5.74) is 3.08. The van der Waals surface area contributed by atoms with E-state index in [2.05, 4.69) is 34.9 Å². The van der Waals surface area contributed by atoms with Crippen LogP contribution in [-0.4, -0.2) is 26.3 Å². The second-order valence-corrected chi connectivity index (χ2v) is 6.93. The Balaban J connectivity index is 1.94. The Morgan fingerprint density at radius 3 is 2.77 bits per heavy atom. The lowest BCUT2D eigenvalue weighted by Crippen LogP contribution is -2.27. The number of anilines is 1. The molecule has 5 nitrogen and oxygen atoms in total. The van der Waals surface area contributed by atoms with Gasteiger partial charge in [-0.05, 0) is 25.0 Å². The largest absolute Gasteiger partial charge is 0.342 e. The molecule has 0 saturated carbocycles. The molecule has 3 aromatic heterocycles. The van der Waals surface area contributed by atoms with Gasteiger partial charge in [-0.3, -0.25) is 4.98 Å². The first-order chi connectivity index (χ1) is 10.5. The Labute approximate surface area is 134 Å². The standard InChI is InChI=1S/C16H21N5S/c1-11(2)9-21(10-13-7-5-6-8-17-13)16-18-15-14(22-16)12(3)19-20(15)4/h5-8,11H,9-10H2,1-4H3. The number of thiazole rings is 1. The van der Waals surface area contributed by atoms with Gasteiger partial charge in [0.2, 0.25) is 0 Å². The fourth-order valence-corrected chi connectivity index (χ4v) is 3.59. The average Bonchev–Trinajstić information content (AvgIpc) is 3.01. The summed E-state index contributed by atoms with van der Waals surface area (Å²) in [6.45, 7) is 8.24. The van der Waals surface area contributed by atoms with Crippen LogP contribution in [0.5, 0.6) is 0 Å². The third-order valence-electron chi connectivity index (χ3n) is 3.47.